The first-order valence-electron chi connectivity index (χ1n) is 8.15. The molecular formula is C19H23N3O2. The summed E-state index contributed by atoms with van der Waals surface area (Å²) in [5, 5.41) is 16.7. The van der Waals surface area contributed by atoms with E-state index >= 15 is 0 Å². The van der Waals surface area contributed by atoms with Crippen LogP contribution in [0.25, 0.3) is 0 Å². The number of nitrogens with zero attached hydrogens (tertiary/aromatic N) is 3. The van der Waals surface area contributed by atoms with Crippen molar-refractivity contribution in [2.45, 2.75) is 6.92 Å². The van der Waals surface area contributed by atoms with Crippen LogP contribution in [0.4, 0.5) is 5.69 Å². The van der Waals surface area contributed by atoms with Crippen LogP contribution in [0.2, 0.25) is 0 Å². The summed E-state index contributed by atoms with van der Waals surface area (Å²) >= 11 is 0. The normalized spacial score (nSPS) is 15.5. The zero-order chi connectivity index (χ0) is 16.9. The molecule has 1 heterocycles. The van der Waals surface area contributed by atoms with Crippen LogP contribution in [-0.4, -0.2) is 49.1 Å². The first-order valence-corrected chi connectivity index (χ1v) is 8.15. The van der Waals surface area contributed by atoms with Crippen LogP contribution in [0.15, 0.2) is 53.6 Å². The van der Waals surface area contributed by atoms with E-state index in [1.165, 1.54) is 0 Å². The predicted molar refractivity (Wildman–Crippen MR) is 97.1 cm³/mol. The van der Waals surface area contributed by atoms with E-state index in [4.69, 9.17) is 4.74 Å². The van der Waals surface area contributed by atoms with Gasteiger partial charge in [0.1, 0.15) is 11.5 Å². The van der Waals surface area contributed by atoms with Crippen molar-refractivity contribution in [2.75, 3.05) is 38.2 Å². The number of anilines is 1. The van der Waals surface area contributed by atoms with Gasteiger partial charge in [-0.2, -0.15) is 5.10 Å². The fraction of sp³-hybridized carbons (Fsp3) is 0.316. The molecule has 1 aliphatic heterocycles. The number of ether oxygens (including phenoxy) is 1. The molecule has 24 heavy (non-hydrogen) atoms. The highest BCUT2D eigenvalue weighted by Gasteiger charge is 2.19. The number of benzene rings is 2. The molecule has 5 nitrogen and oxygen atoms in total. The zero-order valence-corrected chi connectivity index (χ0v) is 14.1. The number of piperazine rings is 1. The van der Waals surface area contributed by atoms with Crippen LogP contribution < -0.4 is 9.64 Å². The summed E-state index contributed by atoms with van der Waals surface area (Å²) in [6.45, 7) is 5.38. The maximum atomic E-state index is 9.94. The number of hydrogen-bond donors (Lipinski definition) is 1. The maximum absolute atomic E-state index is 9.94. The van der Waals surface area contributed by atoms with E-state index in [0.717, 1.165) is 48.9 Å². The topological polar surface area (TPSA) is 48.3 Å². The van der Waals surface area contributed by atoms with Crippen LogP contribution >= 0.6 is 0 Å². The van der Waals surface area contributed by atoms with Crippen LogP contribution in [0.1, 0.15) is 12.5 Å². The third-order valence-corrected chi connectivity index (χ3v) is 4.27. The van der Waals surface area contributed by atoms with E-state index in [0.29, 0.717) is 0 Å². The van der Waals surface area contributed by atoms with Crippen molar-refractivity contribution in [1.82, 2.24) is 5.01 Å². The molecule has 1 fully saturated rings. The van der Waals surface area contributed by atoms with Crippen LogP contribution in [-0.2, 0) is 0 Å². The van der Waals surface area contributed by atoms with Gasteiger partial charge in [-0.25, -0.2) is 0 Å². The molecule has 0 aromatic heterocycles. The highest BCUT2D eigenvalue weighted by atomic mass is 16.5. The van der Waals surface area contributed by atoms with Crippen LogP contribution in [0, 0.1) is 0 Å². The lowest BCUT2D eigenvalue weighted by molar-refractivity contribution is 0.269. The minimum Gasteiger partial charge on any atom is -0.507 e. The second-order valence-corrected chi connectivity index (χ2v) is 5.82. The smallest absolute Gasteiger partial charge is 0.142 e. The summed E-state index contributed by atoms with van der Waals surface area (Å²) in [6, 6.07) is 15.4. The number of methoxy groups -OCH3 is 1. The molecule has 0 unspecified atom stereocenters. The first kappa shape index (κ1) is 16.2. The lowest BCUT2D eigenvalue weighted by atomic mass is 10.1. The summed E-state index contributed by atoms with van der Waals surface area (Å²) in [4.78, 5) is 2.32. The Kier molecular flexibility index (Phi) is 4.89. The molecule has 0 spiro atoms. The van der Waals surface area contributed by atoms with Crippen molar-refractivity contribution in [2.24, 2.45) is 5.10 Å². The Bertz CT molecular complexity index is 722. The van der Waals surface area contributed by atoms with Gasteiger partial charge in [0, 0.05) is 18.7 Å². The summed E-state index contributed by atoms with van der Waals surface area (Å²) in [5.74, 6) is 1.17. The van der Waals surface area contributed by atoms with Gasteiger partial charge in [-0.05, 0) is 31.2 Å². The molecule has 2 aromatic carbocycles. The Labute approximate surface area is 142 Å². The highest BCUT2D eigenvalue weighted by Crippen LogP contribution is 2.28. The predicted octanol–water partition coefficient (Wildman–Crippen LogP) is 2.95. The van der Waals surface area contributed by atoms with Crippen molar-refractivity contribution < 1.29 is 9.84 Å². The molecule has 0 amide bonds. The Hall–Kier alpha value is -2.69. The Balaban J connectivity index is 1.67. The molecule has 1 saturated heterocycles. The molecule has 3 rings (SSSR count). The monoisotopic (exact) mass is 325 g/mol. The van der Waals surface area contributed by atoms with Crippen LogP contribution in [0.5, 0.6) is 11.5 Å². The summed E-state index contributed by atoms with van der Waals surface area (Å²) < 4.78 is 5.45. The Morgan fingerprint density at radius 3 is 2.38 bits per heavy atom. The van der Waals surface area contributed by atoms with Gasteiger partial charge in [0.15, 0.2) is 0 Å². The Morgan fingerprint density at radius 2 is 1.67 bits per heavy atom. The number of hydrazone groups is 1. The van der Waals surface area contributed by atoms with E-state index in [1.807, 2.05) is 43.3 Å². The number of phenols is 1. The number of rotatable bonds is 4. The van der Waals surface area contributed by atoms with Crippen molar-refractivity contribution in [1.29, 1.82) is 0 Å². The van der Waals surface area contributed by atoms with Gasteiger partial charge in [0.05, 0.1) is 31.6 Å². The third kappa shape index (κ3) is 3.45. The number of para-hydroxylation sites is 3. The fourth-order valence-corrected chi connectivity index (χ4v) is 2.97. The van der Waals surface area contributed by atoms with Crippen molar-refractivity contribution in [3.8, 4) is 11.5 Å². The molecule has 1 N–H and O–H groups in total. The van der Waals surface area contributed by atoms with Gasteiger partial charge >= 0.3 is 0 Å². The highest BCUT2D eigenvalue weighted by molar-refractivity contribution is 6.00. The SMILES string of the molecule is COc1ccccc1N1CCN(/N=C(/C)c2ccccc2O)CC1. The standard InChI is InChI=1S/C19H23N3O2/c1-15(16-7-3-5-9-18(16)23)20-22-13-11-21(12-14-22)17-8-4-6-10-19(17)24-2/h3-10,23H,11-14H2,1-2H3/b20-15-. The third-order valence-electron chi connectivity index (χ3n) is 4.27. The summed E-state index contributed by atoms with van der Waals surface area (Å²) in [6.07, 6.45) is 0. The number of phenolic OH excluding ortho intramolecular Hbond substituents is 1. The molecular weight excluding hydrogens is 302 g/mol. The Morgan fingerprint density at radius 1 is 1.00 bits per heavy atom. The minimum atomic E-state index is 0.270. The lowest BCUT2D eigenvalue weighted by Crippen LogP contribution is -2.44. The quantitative estimate of drug-likeness (QED) is 0.878. The van der Waals surface area contributed by atoms with Gasteiger partial charge < -0.3 is 14.7 Å². The first-order chi connectivity index (χ1) is 11.7. The van der Waals surface area contributed by atoms with E-state index in [2.05, 4.69) is 21.1 Å². The molecule has 0 saturated carbocycles. The zero-order valence-electron chi connectivity index (χ0n) is 14.1. The molecule has 2 aromatic rings. The molecule has 0 aliphatic carbocycles. The van der Waals surface area contributed by atoms with Gasteiger partial charge in [-0.3, -0.25) is 5.01 Å². The average Bonchev–Trinajstić information content (AvgIpc) is 2.62. The second-order valence-electron chi connectivity index (χ2n) is 5.82. The van der Waals surface area contributed by atoms with Crippen molar-refractivity contribution >= 4 is 11.4 Å². The molecule has 126 valence electrons. The van der Waals surface area contributed by atoms with E-state index in [1.54, 1.807) is 13.2 Å². The minimum absolute atomic E-state index is 0.270. The summed E-state index contributed by atoms with van der Waals surface area (Å²) in [5.41, 5.74) is 2.74. The summed E-state index contributed by atoms with van der Waals surface area (Å²) in [7, 11) is 1.70. The van der Waals surface area contributed by atoms with E-state index < -0.39 is 0 Å². The molecule has 0 bridgehead atoms. The fourth-order valence-electron chi connectivity index (χ4n) is 2.97. The van der Waals surface area contributed by atoms with Gasteiger partial charge in [0.25, 0.3) is 0 Å². The lowest BCUT2D eigenvalue weighted by Gasteiger charge is -2.35. The van der Waals surface area contributed by atoms with Gasteiger partial charge in [-0.1, -0.05) is 24.3 Å². The molecule has 0 atom stereocenters. The van der Waals surface area contributed by atoms with E-state index in [9.17, 15) is 5.11 Å². The van der Waals surface area contributed by atoms with Crippen molar-refractivity contribution in [3.05, 3.63) is 54.1 Å². The second kappa shape index (κ2) is 7.25. The van der Waals surface area contributed by atoms with E-state index in [-0.39, 0.29) is 5.75 Å². The molecule has 0 radical (unpaired) electrons. The van der Waals surface area contributed by atoms with Crippen molar-refractivity contribution in [3.63, 3.8) is 0 Å². The molecule has 5 heteroatoms. The molecule has 1 aliphatic rings. The largest absolute Gasteiger partial charge is 0.507 e. The maximum Gasteiger partial charge on any atom is 0.142 e. The number of aromatic hydroxyl groups is 1. The van der Waals surface area contributed by atoms with Gasteiger partial charge in [0.2, 0.25) is 0 Å². The van der Waals surface area contributed by atoms with Crippen LogP contribution in [0.3, 0.4) is 0 Å². The average molecular weight is 325 g/mol. The van der Waals surface area contributed by atoms with Gasteiger partial charge in [-0.15, -0.1) is 0 Å². The number of hydrogen-bond acceptors (Lipinski definition) is 5.